The van der Waals surface area contributed by atoms with Gasteiger partial charge in [0, 0.05) is 24.4 Å². The summed E-state index contributed by atoms with van der Waals surface area (Å²) in [6.45, 7) is 0. The molecule has 1 heterocycles. The lowest BCUT2D eigenvalue weighted by molar-refractivity contribution is -0.136. The van der Waals surface area contributed by atoms with Gasteiger partial charge in [0.1, 0.15) is 0 Å². The number of aromatic nitrogens is 1. The first kappa shape index (κ1) is 13.3. The third kappa shape index (κ3) is 4.53. The number of hydrogen-bond acceptors (Lipinski definition) is 1. The van der Waals surface area contributed by atoms with E-state index in [0.29, 0.717) is 5.69 Å². The van der Waals surface area contributed by atoms with E-state index in [1.165, 1.54) is 0 Å². The summed E-state index contributed by atoms with van der Waals surface area (Å²) in [6.07, 6.45) is -3.40. The molecule has 1 aromatic rings. The Balaban J connectivity index is 0.00000169. The molecule has 1 rings (SSSR count). The maximum absolute atomic E-state index is 11.8. The molecule has 0 saturated heterocycles. The fourth-order valence-electron chi connectivity index (χ4n) is 1.05. The molecular formula is C8H12ClF3N2. The van der Waals surface area contributed by atoms with Gasteiger partial charge in [-0.05, 0) is 18.6 Å². The molecule has 1 aromatic heterocycles. The third-order valence-electron chi connectivity index (χ3n) is 1.76. The maximum atomic E-state index is 11.8. The largest absolute Gasteiger partial charge is 0.389 e. The van der Waals surface area contributed by atoms with Crippen molar-refractivity contribution in [3.05, 3.63) is 24.0 Å². The Morgan fingerprint density at radius 2 is 2.07 bits per heavy atom. The predicted molar refractivity (Wildman–Crippen MR) is 50.3 cm³/mol. The number of H-pyrrole nitrogens is 1. The Morgan fingerprint density at radius 1 is 1.43 bits per heavy atom. The predicted octanol–water partition coefficient (Wildman–Crippen LogP) is 2.78. The highest BCUT2D eigenvalue weighted by atomic mass is 35.5. The van der Waals surface area contributed by atoms with Crippen LogP contribution in [-0.2, 0) is 0 Å². The highest BCUT2D eigenvalue weighted by molar-refractivity contribution is 5.85. The van der Waals surface area contributed by atoms with Gasteiger partial charge in [0.05, 0.1) is 0 Å². The van der Waals surface area contributed by atoms with Crippen LogP contribution in [0.2, 0.25) is 0 Å². The van der Waals surface area contributed by atoms with Crippen molar-refractivity contribution in [1.29, 1.82) is 0 Å². The van der Waals surface area contributed by atoms with Crippen LogP contribution in [0.25, 0.3) is 0 Å². The number of halogens is 4. The van der Waals surface area contributed by atoms with Crippen LogP contribution in [0.1, 0.15) is 24.6 Å². The number of nitrogens with one attached hydrogen (secondary N) is 1. The molecule has 0 fully saturated rings. The van der Waals surface area contributed by atoms with Crippen LogP contribution in [0.4, 0.5) is 13.2 Å². The zero-order valence-corrected chi connectivity index (χ0v) is 8.16. The minimum Gasteiger partial charge on any atom is -0.364 e. The number of rotatable bonds is 3. The molecule has 0 amide bonds. The van der Waals surface area contributed by atoms with Gasteiger partial charge in [-0.15, -0.1) is 12.4 Å². The molecule has 0 saturated carbocycles. The summed E-state index contributed by atoms with van der Waals surface area (Å²) in [5, 5.41) is 0. The summed E-state index contributed by atoms with van der Waals surface area (Å²) in [5.41, 5.74) is 6.16. The quantitative estimate of drug-likeness (QED) is 0.821. The van der Waals surface area contributed by atoms with Crippen LogP contribution in [0.5, 0.6) is 0 Å². The Kier molecular flexibility index (Phi) is 5.01. The van der Waals surface area contributed by atoms with Crippen LogP contribution in [-0.4, -0.2) is 11.2 Å². The second kappa shape index (κ2) is 5.26. The molecule has 0 radical (unpaired) electrons. The van der Waals surface area contributed by atoms with Gasteiger partial charge in [0.15, 0.2) is 0 Å². The van der Waals surface area contributed by atoms with Crippen molar-refractivity contribution in [3.63, 3.8) is 0 Å². The number of alkyl halides is 3. The van der Waals surface area contributed by atoms with E-state index in [1.54, 1.807) is 18.3 Å². The van der Waals surface area contributed by atoms with E-state index >= 15 is 0 Å². The van der Waals surface area contributed by atoms with E-state index in [2.05, 4.69) is 4.98 Å². The third-order valence-corrected chi connectivity index (χ3v) is 1.76. The lowest BCUT2D eigenvalue weighted by Crippen LogP contribution is -2.15. The van der Waals surface area contributed by atoms with Crippen molar-refractivity contribution in [2.45, 2.75) is 25.1 Å². The molecule has 2 nitrogen and oxygen atoms in total. The molecule has 0 bridgehead atoms. The average molecular weight is 229 g/mol. The van der Waals surface area contributed by atoms with Gasteiger partial charge >= 0.3 is 6.18 Å². The molecule has 0 aromatic carbocycles. The van der Waals surface area contributed by atoms with E-state index in [1.807, 2.05) is 0 Å². The van der Waals surface area contributed by atoms with Crippen LogP contribution in [0, 0.1) is 0 Å². The van der Waals surface area contributed by atoms with Crippen molar-refractivity contribution >= 4 is 12.4 Å². The Labute approximate surface area is 86.1 Å². The second-order valence-corrected chi connectivity index (χ2v) is 2.89. The van der Waals surface area contributed by atoms with Gasteiger partial charge in [-0.3, -0.25) is 0 Å². The lowest BCUT2D eigenvalue weighted by Gasteiger charge is -2.11. The van der Waals surface area contributed by atoms with E-state index in [4.69, 9.17) is 5.73 Å². The van der Waals surface area contributed by atoms with Gasteiger partial charge < -0.3 is 10.7 Å². The minimum atomic E-state index is -4.12. The van der Waals surface area contributed by atoms with Gasteiger partial charge in [-0.1, -0.05) is 0 Å². The van der Waals surface area contributed by atoms with Crippen LogP contribution < -0.4 is 5.73 Å². The Morgan fingerprint density at radius 3 is 2.50 bits per heavy atom. The standard InChI is InChI=1S/C8H11F3N2.ClH/c9-8(10,11)4-3-6(12)7-2-1-5-13-7;/h1-2,5-6,13H,3-4,12H2;1H/t6-;/m1./s1. The minimum absolute atomic E-state index is 0. The molecule has 1 atom stereocenters. The molecule has 14 heavy (non-hydrogen) atoms. The SMILES string of the molecule is Cl.N[C@H](CCC(F)(F)F)c1ccc[nH]1. The monoisotopic (exact) mass is 228 g/mol. The van der Waals surface area contributed by atoms with E-state index in [9.17, 15) is 13.2 Å². The molecule has 6 heteroatoms. The zero-order valence-electron chi connectivity index (χ0n) is 7.34. The summed E-state index contributed by atoms with van der Waals surface area (Å²) in [5.74, 6) is 0. The first-order valence-corrected chi connectivity index (χ1v) is 3.94. The molecule has 0 aliphatic heterocycles. The fraction of sp³-hybridized carbons (Fsp3) is 0.500. The van der Waals surface area contributed by atoms with E-state index in [0.717, 1.165) is 0 Å². The maximum Gasteiger partial charge on any atom is 0.389 e. The van der Waals surface area contributed by atoms with E-state index in [-0.39, 0.29) is 18.8 Å². The molecule has 0 spiro atoms. The smallest absolute Gasteiger partial charge is 0.364 e. The van der Waals surface area contributed by atoms with E-state index < -0.39 is 18.6 Å². The number of nitrogens with two attached hydrogens (primary N) is 1. The molecular weight excluding hydrogens is 217 g/mol. The second-order valence-electron chi connectivity index (χ2n) is 2.89. The van der Waals surface area contributed by atoms with Crippen LogP contribution >= 0.6 is 12.4 Å². The summed E-state index contributed by atoms with van der Waals surface area (Å²) < 4.78 is 35.4. The Hall–Kier alpha value is -0.680. The molecule has 82 valence electrons. The first-order chi connectivity index (χ1) is 5.99. The van der Waals surface area contributed by atoms with Crippen molar-refractivity contribution in [1.82, 2.24) is 4.98 Å². The lowest BCUT2D eigenvalue weighted by atomic mass is 10.1. The summed E-state index contributed by atoms with van der Waals surface area (Å²) in [6, 6.07) is 2.83. The highest BCUT2D eigenvalue weighted by Gasteiger charge is 2.27. The summed E-state index contributed by atoms with van der Waals surface area (Å²) >= 11 is 0. The van der Waals surface area contributed by atoms with Crippen molar-refractivity contribution in [2.24, 2.45) is 5.73 Å². The number of hydrogen-bond donors (Lipinski definition) is 2. The van der Waals surface area contributed by atoms with Gasteiger partial charge in [-0.25, -0.2) is 0 Å². The zero-order chi connectivity index (χ0) is 9.90. The van der Waals surface area contributed by atoms with Gasteiger partial charge in [0.25, 0.3) is 0 Å². The van der Waals surface area contributed by atoms with Gasteiger partial charge in [0.2, 0.25) is 0 Å². The van der Waals surface area contributed by atoms with Crippen molar-refractivity contribution < 1.29 is 13.2 Å². The molecule has 0 aliphatic carbocycles. The highest BCUT2D eigenvalue weighted by Crippen LogP contribution is 2.25. The topological polar surface area (TPSA) is 41.8 Å². The molecule has 3 N–H and O–H groups in total. The summed E-state index contributed by atoms with van der Waals surface area (Å²) in [4.78, 5) is 2.78. The first-order valence-electron chi connectivity index (χ1n) is 3.94. The molecule has 0 aliphatic rings. The van der Waals surface area contributed by atoms with Crippen molar-refractivity contribution in [2.75, 3.05) is 0 Å². The average Bonchev–Trinajstić information content (AvgIpc) is 2.50. The van der Waals surface area contributed by atoms with Crippen LogP contribution in [0.15, 0.2) is 18.3 Å². The normalized spacial score (nSPS) is 13.4. The number of aromatic amines is 1. The summed E-state index contributed by atoms with van der Waals surface area (Å²) in [7, 11) is 0. The molecule has 0 unspecified atom stereocenters. The van der Waals surface area contributed by atoms with Gasteiger partial charge in [-0.2, -0.15) is 13.2 Å². The Bertz CT molecular complexity index is 246. The fourth-order valence-corrected chi connectivity index (χ4v) is 1.05. The van der Waals surface area contributed by atoms with Crippen molar-refractivity contribution in [3.8, 4) is 0 Å². The van der Waals surface area contributed by atoms with Crippen LogP contribution in [0.3, 0.4) is 0 Å².